The van der Waals surface area contributed by atoms with Crippen molar-refractivity contribution in [3.63, 3.8) is 0 Å². The summed E-state index contributed by atoms with van der Waals surface area (Å²) in [5, 5.41) is 0. The van der Waals surface area contributed by atoms with E-state index in [-0.39, 0.29) is 12.1 Å². The number of aryl methyl sites for hydroxylation is 2. The number of nitrogens with two attached hydrogens (primary N) is 1. The Labute approximate surface area is 133 Å². The summed E-state index contributed by atoms with van der Waals surface area (Å²) in [6, 6.07) is 5.48. The van der Waals surface area contributed by atoms with Gasteiger partial charge in [-0.15, -0.1) is 0 Å². The highest BCUT2D eigenvalue weighted by molar-refractivity contribution is 7.89. The predicted octanol–water partition coefficient (Wildman–Crippen LogP) is 2.46. The van der Waals surface area contributed by atoms with Gasteiger partial charge >= 0.3 is 0 Å². The van der Waals surface area contributed by atoms with Crippen LogP contribution in [0.4, 0.5) is 0 Å². The van der Waals surface area contributed by atoms with Crippen LogP contribution in [0.2, 0.25) is 0 Å². The molecular formula is C17H26N2O2S. The summed E-state index contributed by atoms with van der Waals surface area (Å²) in [5.74, 6) is 0. The van der Waals surface area contributed by atoms with Gasteiger partial charge in [-0.3, -0.25) is 0 Å². The first-order valence-electron chi connectivity index (χ1n) is 8.39. The molecule has 1 aromatic rings. The second-order valence-corrected chi connectivity index (χ2v) is 8.57. The van der Waals surface area contributed by atoms with Crippen molar-refractivity contribution < 1.29 is 8.42 Å². The molecule has 0 radical (unpaired) electrons. The predicted molar refractivity (Wildman–Crippen MR) is 88.3 cm³/mol. The molecule has 0 amide bonds. The van der Waals surface area contributed by atoms with E-state index in [1.807, 2.05) is 19.1 Å². The molecule has 1 heterocycles. The lowest BCUT2D eigenvalue weighted by Gasteiger charge is -2.37. The minimum atomic E-state index is -3.44. The summed E-state index contributed by atoms with van der Waals surface area (Å²) >= 11 is 0. The molecule has 0 bridgehead atoms. The molecule has 1 aromatic carbocycles. The number of hydrogen-bond donors (Lipinski definition) is 1. The van der Waals surface area contributed by atoms with E-state index in [1.54, 1.807) is 10.4 Å². The van der Waals surface area contributed by atoms with Gasteiger partial charge < -0.3 is 5.73 Å². The average Bonchev–Trinajstić information content (AvgIpc) is 2.54. The van der Waals surface area contributed by atoms with Crippen LogP contribution in [0.3, 0.4) is 0 Å². The highest BCUT2D eigenvalue weighted by Gasteiger charge is 2.35. The first-order chi connectivity index (χ1) is 10.5. The molecule has 0 aromatic heterocycles. The van der Waals surface area contributed by atoms with Crippen LogP contribution < -0.4 is 5.73 Å². The third-order valence-corrected chi connectivity index (χ3v) is 6.95. The lowest BCUT2D eigenvalue weighted by atomic mass is 9.92. The lowest BCUT2D eigenvalue weighted by Crippen LogP contribution is -2.51. The standard InChI is InChI=1S/C17H26N2O2S/c1-13(18)17-8-4-5-11-19(17)22(20,21)16-10-9-14-6-2-3-7-15(14)12-16/h9-10,12-13,17H,2-8,11,18H2,1H3. The summed E-state index contributed by atoms with van der Waals surface area (Å²) in [6.07, 6.45) is 7.27. The lowest BCUT2D eigenvalue weighted by molar-refractivity contribution is 0.227. The molecule has 0 spiro atoms. The molecule has 2 atom stereocenters. The molecule has 3 rings (SSSR count). The van der Waals surface area contributed by atoms with Gasteiger partial charge in [-0.25, -0.2) is 8.42 Å². The molecule has 4 nitrogen and oxygen atoms in total. The maximum absolute atomic E-state index is 13.1. The van der Waals surface area contributed by atoms with E-state index < -0.39 is 10.0 Å². The maximum Gasteiger partial charge on any atom is 0.243 e. The molecule has 1 aliphatic heterocycles. The molecule has 1 aliphatic carbocycles. The summed E-state index contributed by atoms with van der Waals surface area (Å²) in [7, 11) is -3.44. The molecule has 2 N–H and O–H groups in total. The van der Waals surface area contributed by atoms with Gasteiger partial charge in [0.2, 0.25) is 10.0 Å². The fourth-order valence-corrected chi connectivity index (χ4v) is 5.59. The Bertz CT molecular complexity index is 640. The average molecular weight is 322 g/mol. The molecule has 22 heavy (non-hydrogen) atoms. The number of benzene rings is 1. The number of piperidine rings is 1. The molecule has 2 aliphatic rings. The second-order valence-electron chi connectivity index (χ2n) is 6.68. The van der Waals surface area contributed by atoms with Crippen LogP contribution in [0.25, 0.3) is 0 Å². The van der Waals surface area contributed by atoms with Gasteiger partial charge in [0, 0.05) is 18.6 Å². The second kappa shape index (κ2) is 6.30. The Morgan fingerprint density at radius 2 is 1.86 bits per heavy atom. The SMILES string of the molecule is CC(N)C1CCCCN1S(=O)(=O)c1ccc2c(c1)CCCC2. The highest BCUT2D eigenvalue weighted by Crippen LogP contribution is 2.29. The largest absolute Gasteiger partial charge is 0.326 e. The third-order valence-electron chi connectivity index (χ3n) is 5.03. The fraction of sp³-hybridized carbons (Fsp3) is 0.647. The summed E-state index contributed by atoms with van der Waals surface area (Å²) in [5.41, 5.74) is 8.56. The van der Waals surface area contributed by atoms with Gasteiger partial charge in [0.05, 0.1) is 4.90 Å². The van der Waals surface area contributed by atoms with Crippen molar-refractivity contribution in [2.24, 2.45) is 5.73 Å². The molecule has 1 saturated heterocycles. The minimum Gasteiger partial charge on any atom is -0.326 e. The molecule has 1 fully saturated rings. The molecule has 122 valence electrons. The van der Waals surface area contributed by atoms with Gasteiger partial charge in [0.15, 0.2) is 0 Å². The van der Waals surface area contributed by atoms with Gasteiger partial charge in [-0.05, 0) is 68.7 Å². The van der Waals surface area contributed by atoms with Crippen molar-refractivity contribution in [1.29, 1.82) is 0 Å². The first kappa shape index (κ1) is 16.0. The minimum absolute atomic E-state index is 0.0743. The number of fused-ring (bicyclic) bond motifs is 1. The van der Waals surface area contributed by atoms with E-state index in [9.17, 15) is 8.42 Å². The van der Waals surface area contributed by atoms with Gasteiger partial charge in [0.1, 0.15) is 0 Å². The molecular weight excluding hydrogens is 296 g/mol. The van der Waals surface area contributed by atoms with Crippen molar-refractivity contribution >= 4 is 10.0 Å². The van der Waals surface area contributed by atoms with E-state index >= 15 is 0 Å². The van der Waals surface area contributed by atoms with Crippen LogP contribution in [0, 0.1) is 0 Å². The Hall–Kier alpha value is -0.910. The van der Waals surface area contributed by atoms with E-state index in [4.69, 9.17) is 5.73 Å². The van der Waals surface area contributed by atoms with Crippen molar-refractivity contribution in [2.75, 3.05) is 6.54 Å². The molecule has 5 heteroatoms. The fourth-order valence-electron chi connectivity index (χ4n) is 3.76. The normalized spacial score (nSPS) is 24.7. The van der Waals surface area contributed by atoms with Gasteiger partial charge in [-0.1, -0.05) is 12.5 Å². The van der Waals surface area contributed by atoms with E-state index in [0.29, 0.717) is 11.4 Å². The summed E-state index contributed by atoms with van der Waals surface area (Å²) in [6.45, 7) is 2.50. The Morgan fingerprint density at radius 3 is 2.59 bits per heavy atom. The van der Waals surface area contributed by atoms with E-state index in [1.165, 1.54) is 17.5 Å². The van der Waals surface area contributed by atoms with Crippen LogP contribution in [0.15, 0.2) is 23.1 Å². The van der Waals surface area contributed by atoms with Crippen LogP contribution in [0.5, 0.6) is 0 Å². The molecule has 0 saturated carbocycles. The zero-order valence-electron chi connectivity index (χ0n) is 13.3. The third kappa shape index (κ3) is 2.94. The summed E-state index contributed by atoms with van der Waals surface area (Å²) in [4.78, 5) is 0.445. The Kier molecular flexibility index (Phi) is 4.57. The maximum atomic E-state index is 13.1. The van der Waals surface area contributed by atoms with E-state index in [0.717, 1.165) is 38.5 Å². The van der Waals surface area contributed by atoms with Crippen LogP contribution in [-0.2, 0) is 22.9 Å². The number of rotatable bonds is 3. The van der Waals surface area contributed by atoms with Crippen molar-refractivity contribution in [3.8, 4) is 0 Å². The van der Waals surface area contributed by atoms with Gasteiger partial charge in [-0.2, -0.15) is 4.31 Å². The van der Waals surface area contributed by atoms with Crippen LogP contribution in [-0.4, -0.2) is 31.4 Å². The van der Waals surface area contributed by atoms with Crippen molar-refractivity contribution in [3.05, 3.63) is 29.3 Å². The number of nitrogens with zero attached hydrogens (tertiary/aromatic N) is 1. The quantitative estimate of drug-likeness (QED) is 0.930. The van der Waals surface area contributed by atoms with Crippen LogP contribution >= 0.6 is 0 Å². The van der Waals surface area contributed by atoms with Crippen LogP contribution in [0.1, 0.15) is 50.2 Å². The smallest absolute Gasteiger partial charge is 0.243 e. The summed E-state index contributed by atoms with van der Waals surface area (Å²) < 4.78 is 27.8. The number of hydrogen-bond acceptors (Lipinski definition) is 3. The monoisotopic (exact) mass is 322 g/mol. The zero-order valence-corrected chi connectivity index (χ0v) is 14.1. The topological polar surface area (TPSA) is 63.4 Å². The first-order valence-corrected chi connectivity index (χ1v) is 9.83. The Balaban J connectivity index is 1.94. The van der Waals surface area contributed by atoms with Crippen molar-refractivity contribution in [2.45, 2.75) is 68.8 Å². The Morgan fingerprint density at radius 1 is 1.14 bits per heavy atom. The molecule has 2 unspecified atom stereocenters. The van der Waals surface area contributed by atoms with Gasteiger partial charge in [0.25, 0.3) is 0 Å². The van der Waals surface area contributed by atoms with E-state index in [2.05, 4.69) is 0 Å². The highest BCUT2D eigenvalue weighted by atomic mass is 32.2. The van der Waals surface area contributed by atoms with Crippen molar-refractivity contribution in [1.82, 2.24) is 4.31 Å². The zero-order chi connectivity index (χ0) is 15.7. The number of sulfonamides is 1.